The molecular formula is C22H25N3O2S2. The summed E-state index contributed by atoms with van der Waals surface area (Å²) in [5.41, 5.74) is 5.64. The summed E-state index contributed by atoms with van der Waals surface area (Å²) in [5.74, 6) is -0.331. The van der Waals surface area contributed by atoms with Crippen molar-refractivity contribution in [2.24, 2.45) is 0 Å². The summed E-state index contributed by atoms with van der Waals surface area (Å²) in [6.07, 6.45) is 0.163. The third kappa shape index (κ3) is 5.10. The van der Waals surface area contributed by atoms with E-state index in [2.05, 4.69) is 48.5 Å². The molecule has 0 radical (unpaired) electrons. The first-order chi connectivity index (χ1) is 13.7. The first-order valence-electron chi connectivity index (χ1n) is 9.40. The van der Waals surface area contributed by atoms with Crippen LogP contribution in [-0.4, -0.2) is 16.8 Å². The molecule has 0 aliphatic carbocycles. The Morgan fingerprint density at radius 3 is 2.48 bits per heavy atom. The Balaban J connectivity index is 1.77. The van der Waals surface area contributed by atoms with Gasteiger partial charge in [-0.05, 0) is 61.9 Å². The number of nitrogens with one attached hydrogen (secondary N) is 2. The highest BCUT2D eigenvalue weighted by Crippen LogP contribution is 2.34. The maximum Gasteiger partial charge on any atom is 0.228 e. The van der Waals surface area contributed by atoms with Crippen LogP contribution in [0.3, 0.4) is 0 Å². The fraction of sp³-hybridized carbons (Fsp3) is 0.318. The average molecular weight is 428 g/mol. The zero-order chi connectivity index (χ0) is 21.1. The fourth-order valence-corrected chi connectivity index (χ4v) is 4.85. The number of nitrogens with zero attached hydrogens (tertiary/aromatic N) is 1. The lowest BCUT2D eigenvalue weighted by atomic mass is 9.98. The minimum atomic E-state index is -0.338. The van der Waals surface area contributed by atoms with Crippen LogP contribution in [0.4, 0.5) is 5.13 Å². The molecule has 0 aliphatic rings. The van der Waals surface area contributed by atoms with Gasteiger partial charge in [-0.1, -0.05) is 12.1 Å². The van der Waals surface area contributed by atoms with E-state index in [1.54, 1.807) is 0 Å². The van der Waals surface area contributed by atoms with E-state index in [9.17, 15) is 9.59 Å². The van der Waals surface area contributed by atoms with Gasteiger partial charge in [0.05, 0.1) is 18.2 Å². The summed E-state index contributed by atoms with van der Waals surface area (Å²) in [4.78, 5) is 30.9. The maximum atomic E-state index is 12.6. The van der Waals surface area contributed by atoms with Crippen molar-refractivity contribution in [3.05, 3.63) is 56.1 Å². The monoisotopic (exact) mass is 427 g/mol. The Bertz CT molecular complexity index is 1040. The zero-order valence-corrected chi connectivity index (χ0v) is 18.9. The van der Waals surface area contributed by atoms with Crippen molar-refractivity contribution in [1.82, 2.24) is 10.3 Å². The molecule has 2 aromatic heterocycles. The highest BCUT2D eigenvalue weighted by atomic mass is 32.1. The normalized spacial score (nSPS) is 11.9. The predicted octanol–water partition coefficient (Wildman–Crippen LogP) is 5.31. The van der Waals surface area contributed by atoms with Crippen LogP contribution in [0.25, 0.3) is 11.3 Å². The molecule has 0 bridgehead atoms. The predicted molar refractivity (Wildman–Crippen MR) is 121 cm³/mol. The third-order valence-electron chi connectivity index (χ3n) is 4.79. The van der Waals surface area contributed by atoms with Gasteiger partial charge in [0.1, 0.15) is 0 Å². The molecule has 1 unspecified atom stereocenters. The van der Waals surface area contributed by atoms with Gasteiger partial charge in [0.2, 0.25) is 11.8 Å². The van der Waals surface area contributed by atoms with Crippen molar-refractivity contribution >= 4 is 39.6 Å². The molecule has 29 heavy (non-hydrogen) atoms. The Morgan fingerprint density at radius 2 is 1.83 bits per heavy atom. The van der Waals surface area contributed by atoms with Crippen LogP contribution in [0, 0.1) is 27.7 Å². The molecule has 0 saturated carbocycles. The lowest BCUT2D eigenvalue weighted by Crippen LogP contribution is -2.29. The molecule has 0 saturated heterocycles. The number of hydrogen-bond donors (Lipinski definition) is 2. The van der Waals surface area contributed by atoms with E-state index >= 15 is 0 Å². The van der Waals surface area contributed by atoms with Crippen molar-refractivity contribution in [2.45, 2.75) is 47.1 Å². The molecule has 0 aliphatic heterocycles. The van der Waals surface area contributed by atoms with Crippen LogP contribution in [-0.2, 0) is 9.59 Å². The second-order valence-electron chi connectivity index (χ2n) is 7.20. The van der Waals surface area contributed by atoms with Crippen molar-refractivity contribution in [1.29, 1.82) is 0 Å². The Labute approximate surface area is 179 Å². The number of hydrogen-bond acceptors (Lipinski definition) is 5. The van der Waals surface area contributed by atoms with Crippen molar-refractivity contribution < 1.29 is 9.59 Å². The van der Waals surface area contributed by atoms with E-state index in [0.29, 0.717) is 5.13 Å². The molecule has 1 atom stereocenters. The summed E-state index contributed by atoms with van der Waals surface area (Å²) in [6, 6.07) is 7.82. The van der Waals surface area contributed by atoms with E-state index < -0.39 is 0 Å². The van der Waals surface area contributed by atoms with Crippen LogP contribution in [0.15, 0.2) is 29.6 Å². The molecule has 3 rings (SSSR count). The number of benzene rings is 1. The number of amides is 2. The summed E-state index contributed by atoms with van der Waals surface area (Å²) >= 11 is 2.99. The first kappa shape index (κ1) is 21.2. The van der Waals surface area contributed by atoms with Gasteiger partial charge in [-0.25, -0.2) is 4.98 Å². The molecule has 0 fully saturated rings. The molecule has 2 amide bonds. The van der Waals surface area contributed by atoms with Crippen LogP contribution in [0.5, 0.6) is 0 Å². The Kier molecular flexibility index (Phi) is 6.49. The van der Waals surface area contributed by atoms with E-state index in [-0.39, 0.29) is 24.3 Å². The van der Waals surface area contributed by atoms with Gasteiger partial charge in [-0.15, -0.1) is 22.7 Å². The molecule has 7 heteroatoms. The number of anilines is 1. The number of aryl methyl sites for hydroxylation is 4. The lowest BCUT2D eigenvalue weighted by molar-refractivity contribution is -0.120. The van der Waals surface area contributed by atoms with Gasteiger partial charge < -0.3 is 10.6 Å². The van der Waals surface area contributed by atoms with Crippen LogP contribution in [0.1, 0.15) is 45.8 Å². The number of carbonyl (C=O) groups is 2. The quantitative estimate of drug-likeness (QED) is 0.560. The number of carbonyl (C=O) groups excluding carboxylic acids is 2. The largest absolute Gasteiger partial charge is 0.348 e. The highest BCUT2D eigenvalue weighted by molar-refractivity contribution is 7.16. The smallest absolute Gasteiger partial charge is 0.228 e. The molecule has 5 nitrogen and oxygen atoms in total. The summed E-state index contributed by atoms with van der Waals surface area (Å²) in [5, 5.41) is 8.27. The number of rotatable bonds is 6. The summed E-state index contributed by atoms with van der Waals surface area (Å²) in [6.45, 7) is 9.75. The Hall–Kier alpha value is -2.51. The molecule has 1 aromatic carbocycles. The number of aromatic nitrogens is 1. The third-order valence-corrected chi connectivity index (χ3v) is 6.66. The average Bonchev–Trinajstić information content (AvgIpc) is 3.27. The Morgan fingerprint density at radius 1 is 1.10 bits per heavy atom. The number of thiophene rings is 1. The van der Waals surface area contributed by atoms with E-state index in [4.69, 9.17) is 0 Å². The highest BCUT2D eigenvalue weighted by Gasteiger charge is 2.20. The van der Waals surface area contributed by atoms with Gasteiger partial charge >= 0.3 is 0 Å². The zero-order valence-electron chi connectivity index (χ0n) is 17.3. The fourth-order valence-electron chi connectivity index (χ4n) is 3.23. The molecule has 3 aromatic rings. The maximum absolute atomic E-state index is 12.6. The molecule has 2 heterocycles. The van der Waals surface area contributed by atoms with Gasteiger partial charge in [-0.3, -0.25) is 9.59 Å². The minimum Gasteiger partial charge on any atom is -0.348 e. The van der Waals surface area contributed by atoms with Crippen molar-refractivity contribution in [3.8, 4) is 11.3 Å². The molecule has 2 N–H and O–H groups in total. The van der Waals surface area contributed by atoms with Crippen LogP contribution >= 0.6 is 22.7 Å². The standard InChI is InChI=1S/C22H25N3O2S2/c1-12-9-14(3)17(10-13(12)2)21-15(4)29-22(25-21)24-20(27)11-18(23-16(5)26)19-7-6-8-28-19/h6-10,18H,11H2,1-5H3,(H,23,26)(H,24,25,27). The van der Waals surface area contributed by atoms with Crippen molar-refractivity contribution in [3.63, 3.8) is 0 Å². The summed E-state index contributed by atoms with van der Waals surface area (Å²) < 4.78 is 0. The van der Waals surface area contributed by atoms with Gasteiger partial charge in [0.25, 0.3) is 0 Å². The first-order valence-corrected chi connectivity index (χ1v) is 11.1. The lowest BCUT2D eigenvalue weighted by Gasteiger charge is -2.15. The second-order valence-corrected chi connectivity index (χ2v) is 9.38. The van der Waals surface area contributed by atoms with Crippen LogP contribution in [0.2, 0.25) is 0 Å². The number of thiazole rings is 1. The van der Waals surface area contributed by atoms with Crippen LogP contribution < -0.4 is 10.6 Å². The van der Waals surface area contributed by atoms with Crippen molar-refractivity contribution in [2.75, 3.05) is 5.32 Å². The second kappa shape index (κ2) is 8.88. The SMILES string of the molecule is CC(=O)NC(CC(=O)Nc1nc(-c2cc(C)c(C)cc2C)c(C)s1)c1cccs1. The molecule has 152 valence electrons. The van der Waals surface area contributed by atoms with E-state index in [1.807, 2.05) is 24.4 Å². The van der Waals surface area contributed by atoms with Gasteiger partial charge in [0, 0.05) is 22.2 Å². The minimum absolute atomic E-state index is 0.159. The van der Waals surface area contributed by atoms with E-state index in [0.717, 1.165) is 21.0 Å². The molecule has 0 spiro atoms. The van der Waals surface area contributed by atoms with Gasteiger partial charge in [0.15, 0.2) is 5.13 Å². The summed E-state index contributed by atoms with van der Waals surface area (Å²) in [7, 11) is 0. The van der Waals surface area contributed by atoms with E-state index in [1.165, 1.54) is 46.3 Å². The molecular weight excluding hydrogens is 402 g/mol. The topological polar surface area (TPSA) is 71.1 Å². The van der Waals surface area contributed by atoms with Gasteiger partial charge in [-0.2, -0.15) is 0 Å².